The maximum Gasteiger partial charge on any atom is 0.241 e. The minimum atomic E-state index is -0.250. The van der Waals surface area contributed by atoms with Crippen molar-refractivity contribution in [1.29, 1.82) is 0 Å². The van der Waals surface area contributed by atoms with Crippen LogP contribution in [0, 0.1) is 12.8 Å². The van der Waals surface area contributed by atoms with Crippen LogP contribution < -0.4 is 5.32 Å². The van der Waals surface area contributed by atoms with Gasteiger partial charge in [-0.05, 0) is 31.5 Å². The molecule has 1 heterocycles. The standard InChI is InChI=1S/C18H26ClN3O2/c1-12(2)18(24)22-9-7-21(8-10-22)14(4)17(23)20-16-11-15(19)6-5-13(16)3/h5-6,11-12,14H,7-10H2,1-4H3,(H,20,23). The average Bonchev–Trinajstić information content (AvgIpc) is 2.56. The second-order valence-electron chi connectivity index (χ2n) is 6.64. The zero-order chi connectivity index (χ0) is 17.9. The average molecular weight is 352 g/mol. The minimum absolute atomic E-state index is 0.0167. The van der Waals surface area contributed by atoms with Crippen LogP contribution in [0.15, 0.2) is 18.2 Å². The fourth-order valence-corrected chi connectivity index (χ4v) is 3.00. The van der Waals surface area contributed by atoms with Crippen LogP contribution in [-0.2, 0) is 9.59 Å². The van der Waals surface area contributed by atoms with Crippen LogP contribution in [0.3, 0.4) is 0 Å². The zero-order valence-corrected chi connectivity index (χ0v) is 15.6. The monoisotopic (exact) mass is 351 g/mol. The summed E-state index contributed by atoms with van der Waals surface area (Å²) in [6.07, 6.45) is 0. The SMILES string of the molecule is Cc1ccc(Cl)cc1NC(=O)C(C)N1CCN(C(=O)C(C)C)CC1. The van der Waals surface area contributed by atoms with Crippen molar-refractivity contribution in [3.05, 3.63) is 28.8 Å². The molecule has 0 aromatic heterocycles. The predicted molar refractivity (Wildman–Crippen MR) is 97.3 cm³/mol. The molecule has 5 nitrogen and oxygen atoms in total. The molecule has 0 radical (unpaired) electrons. The molecule has 24 heavy (non-hydrogen) atoms. The number of piperazine rings is 1. The molecule has 1 aromatic carbocycles. The van der Waals surface area contributed by atoms with Crippen LogP contribution in [-0.4, -0.2) is 53.8 Å². The third-order valence-corrected chi connectivity index (χ3v) is 4.74. The van der Waals surface area contributed by atoms with Crippen molar-refractivity contribution in [2.24, 2.45) is 5.92 Å². The molecule has 1 unspecified atom stereocenters. The molecule has 132 valence electrons. The Morgan fingerprint density at radius 3 is 2.33 bits per heavy atom. The zero-order valence-electron chi connectivity index (χ0n) is 14.8. The summed E-state index contributed by atoms with van der Waals surface area (Å²) in [5.41, 5.74) is 1.72. The summed E-state index contributed by atoms with van der Waals surface area (Å²) in [5.74, 6) is 0.147. The van der Waals surface area contributed by atoms with Crippen molar-refractivity contribution in [3.63, 3.8) is 0 Å². The van der Waals surface area contributed by atoms with E-state index in [9.17, 15) is 9.59 Å². The van der Waals surface area contributed by atoms with Crippen LogP contribution in [0.5, 0.6) is 0 Å². The number of benzene rings is 1. The third kappa shape index (κ3) is 4.48. The number of rotatable bonds is 4. The molecule has 2 rings (SSSR count). The van der Waals surface area contributed by atoms with Gasteiger partial charge >= 0.3 is 0 Å². The number of hydrogen-bond donors (Lipinski definition) is 1. The Morgan fingerprint density at radius 2 is 1.75 bits per heavy atom. The highest BCUT2D eigenvalue weighted by molar-refractivity contribution is 6.31. The predicted octanol–water partition coefficient (Wildman–Crippen LogP) is 2.78. The van der Waals surface area contributed by atoms with E-state index in [1.165, 1.54) is 0 Å². The number of carbonyl (C=O) groups excluding carboxylic acids is 2. The van der Waals surface area contributed by atoms with Crippen LogP contribution >= 0.6 is 11.6 Å². The molecule has 0 saturated carbocycles. The molecule has 6 heteroatoms. The number of aryl methyl sites for hydroxylation is 1. The van der Waals surface area contributed by atoms with E-state index in [4.69, 9.17) is 11.6 Å². The Labute approximate surface area is 149 Å². The maximum absolute atomic E-state index is 12.5. The van der Waals surface area contributed by atoms with E-state index < -0.39 is 0 Å². The molecule has 0 bridgehead atoms. The van der Waals surface area contributed by atoms with E-state index in [-0.39, 0.29) is 23.8 Å². The number of nitrogens with one attached hydrogen (secondary N) is 1. The van der Waals surface area contributed by atoms with Crippen molar-refractivity contribution in [2.45, 2.75) is 33.7 Å². The number of halogens is 1. The molecule has 2 amide bonds. The smallest absolute Gasteiger partial charge is 0.241 e. The van der Waals surface area contributed by atoms with E-state index in [1.54, 1.807) is 12.1 Å². The van der Waals surface area contributed by atoms with Crippen molar-refractivity contribution in [1.82, 2.24) is 9.80 Å². The topological polar surface area (TPSA) is 52.7 Å². The highest BCUT2D eigenvalue weighted by Gasteiger charge is 2.28. The minimum Gasteiger partial charge on any atom is -0.340 e. The Bertz CT molecular complexity index is 610. The van der Waals surface area contributed by atoms with Gasteiger partial charge in [-0.3, -0.25) is 14.5 Å². The van der Waals surface area contributed by atoms with Crippen molar-refractivity contribution < 1.29 is 9.59 Å². The molecule has 0 aliphatic carbocycles. The maximum atomic E-state index is 12.5. The molecule has 0 spiro atoms. The first kappa shape index (κ1) is 18.7. The molecule has 1 atom stereocenters. The van der Waals surface area contributed by atoms with E-state index in [1.807, 2.05) is 38.7 Å². The summed E-state index contributed by atoms with van der Waals surface area (Å²) >= 11 is 6.00. The lowest BCUT2D eigenvalue weighted by molar-refractivity contribution is -0.136. The molecular weight excluding hydrogens is 326 g/mol. The molecule has 1 N–H and O–H groups in total. The van der Waals surface area contributed by atoms with Gasteiger partial charge in [-0.2, -0.15) is 0 Å². The van der Waals surface area contributed by atoms with E-state index in [2.05, 4.69) is 10.2 Å². The largest absolute Gasteiger partial charge is 0.340 e. The lowest BCUT2D eigenvalue weighted by Crippen LogP contribution is -2.54. The van der Waals surface area contributed by atoms with E-state index in [0.29, 0.717) is 31.2 Å². The van der Waals surface area contributed by atoms with Gasteiger partial charge in [0.15, 0.2) is 0 Å². The van der Waals surface area contributed by atoms with Gasteiger partial charge in [0.2, 0.25) is 11.8 Å². The first-order valence-corrected chi connectivity index (χ1v) is 8.77. The number of hydrogen-bond acceptors (Lipinski definition) is 3. The number of amides is 2. The van der Waals surface area contributed by atoms with Gasteiger partial charge in [0.25, 0.3) is 0 Å². The van der Waals surface area contributed by atoms with Gasteiger partial charge in [0, 0.05) is 42.8 Å². The molecule has 1 aromatic rings. The molecule has 1 fully saturated rings. The van der Waals surface area contributed by atoms with E-state index >= 15 is 0 Å². The fraction of sp³-hybridized carbons (Fsp3) is 0.556. The number of carbonyl (C=O) groups is 2. The summed E-state index contributed by atoms with van der Waals surface area (Å²) in [6.45, 7) is 10.4. The highest BCUT2D eigenvalue weighted by Crippen LogP contribution is 2.21. The first-order valence-electron chi connectivity index (χ1n) is 8.39. The molecular formula is C18H26ClN3O2. The second-order valence-corrected chi connectivity index (χ2v) is 7.08. The quantitative estimate of drug-likeness (QED) is 0.907. The van der Waals surface area contributed by atoms with Gasteiger partial charge in [-0.15, -0.1) is 0 Å². The number of nitrogens with zero attached hydrogens (tertiary/aromatic N) is 2. The van der Waals surface area contributed by atoms with Crippen LogP contribution in [0.1, 0.15) is 26.3 Å². The fourth-order valence-electron chi connectivity index (χ4n) is 2.83. The summed E-state index contributed by atoms with van der Waals surface area (Å²) in [7, 11) is 0. The number of anilines is 1. The van der Waals surface area contributed by atoms with Crippen molar-refractivity contribution >= 4 is 29.1 Å². The van der Waals surface area contributed by atoms with Crippen molar-refractivity contribution in [2.75, 3.05) is 31.5 Å². The third-order valence-electron chi connectivity index (χ3n) is 4.50. The summed E-state index contributed by atoms with van der Waals surface area (Å²) in [5, 5.41) is 3.56. The van der Waals surface area contributed by atoms with Gasteiger partial charge in [0.1, 0.15) is 0 Å². The second kappa shape index (κ2) is 7.99. The van der Waals surface area contributed by atoms with Gasteiger partial charge in [-0.1, -0.05) is 31.5 Å². The molecule has 1 saturated heterocycles. The Kier molecular flexibility index (Phi) is 6.24. The summed E-state index contributed by atoms with van der Waals surface area (Å²) in [4.78, 5) is 28.5. The lowest BCUT2D eigenvalue weighted by atomic mass is 10.1. The highest BCUT2D eigenvalue weighted by atomic mass is 35.5. The molecule has 1 aliphatic heterocycles. The first-order chi connectivity index (χ1) is 11.3. The Morgan fingerprint density at radius 1 is 1.12 bits per heavy atom. The van der Waals surface area contributed by atoms with Gasteiger partial charge in [-0.25, -0.2) is 0 Å². The van der Waals surface area contributed by atoms with Crippen LogP contribution in [0.2, 0.25) is 5.02 Å². The van der Waals surface area contributed by atoms with E-state index in [0.717, 1.165) is 11.3 Å². The van der Waals surface area contributed by atoms with Crippen LogP contribution in [0.25, 0.3) is 0 Å². The Balaban J connectivity index is 1.92. The van der Waals surface area contributed by atoms with Gasteiger partial charge in [0.05, 0.1) is 6.04 Å². The summed E-state index contributed by atoms with van der Waals surface area (Å²) in [6, 6.07) is 5.21. The Hall–Kier alpha value is -1.59. The van der Waals surface area contributed by atoms with Gasteiger partial charge < -0.3 is 10.2 Å². The normalized spacial score (nSPS) is 17.0. The van der Waals surface area contributed by atoms with Crippen LogP contribution in [0.4, 0.5) is 5.69 Å². The molecule has 1 aliphatic rings. The summed E-state index contributed by atoms with van der Waals surface area (Å²) < 4.78 is 0. The lowest BCUT2D eigenvalue weighted by Gasteiger charge is -2.38. The van der Waals surface area contributed by atoms with Crippen molar-refractivity contribution in [3.8, 4) is 0 Å².